The molecule has 0 spiro atoms. The molecule has 1 N–H and O–H groups in total. The molecule has 2 aromatic heterocycles. The molecule has 3 rings (SSSR count). The lowest BCUT2D eigenvalue weighted by Gasteiger charge is -2.08. The number of anilines is 1. The molecule has 0 aliphatic heterocycles. The van der Waals surface area contributed by atoms with Gasteiger partial charge in [0, 0.05) is 0 Å². The minimum Gasteiger partial charge on any atom is -0.295 e. The van der Waals surface area contributed by atoms with E-state index in [4.69, 9.17) is 0 Å². The number of aryl methyl sites for hydroxylation is 2. The van der Waals surface area contributed by atoms with Gasteiger partial charge in [0.15, 0.2) is 10.0 Å². The Labute approximate surface area is 153 Å². The Kier molecular flexibility index (Phi) is 5.14. The van der Waals surface area contributed by atoms with E-state index in [2.05, 4.69) is 25.8 Å². The van der Waals surface area contributed by atoms with Gasteiger partial charge >= 0.3 is 0 Å². The van der Waals surface area contributed by atoms with Crippen molar-refractivity contribution in [1.29, 1.82) is 0 Å². The van der Waals surface area contributed by atoms with Gasteiger partial charge in [-0.3, -0.25) is 10.1 Å². The van der Waals surface area contributed by atoms with Crippen molar-refractivity contribution in [3.63, 3.8) is 0 Å². The first kappa shape index (κ1) is 17.6. The molecule has 0 saturated heterocycles. The fourth-order valence-electron chi connectivity index (χ4n) is 2.31. The highest BCUT2D eigenvalue weighted by atomic mass is 32.2. The summed E-state index contributed by atoms with van der Waals surface area (Å²) in [7, 11) is 0. The van der Waals surface area contributed by atoms with E-state index in [1.807, 2.05) is 45.9 Å². The number of amides is 1. The van der Waals surface area contributed by atoms with Gasteiger partial charge in [-0.1, -0.05) is 47.4 Å². The van der Waals surface area contributed by atoms with Crippen LogP contribution in [0.2, 0.25) is 0 Å². The quantitative estimate of drug-likeness (QED) is 0.544. The normalized spacial score (nSPS) is 10.9. The number of carbonyl (C=O) groups excluding carboxylic acids is 1. The molecule has 1 amide bonds. The van der Waals surface area contributed by atoms with Crippen molar-refractivity contribution in [1.82, 2.24) is 25.2 Å². The van der Waals surface area contributed by atoms with Crippen molar-refractivity contribution in [2.24, 2.45) is 0 Å². The highest BCUT2D eigenvalue weighted by Gasteiger charge is 2.19. The zero-order chi connectivity index (χ0) is 18.0. The molecule has 130 valence electrons. The van der Waals surface area contributed by atoms with Gasteiger partial charge in [-0.15, -0.1) is 15.3 Å². The summed E-state index contributed by atoms with van der Waals surface area (Å²) >= 11 is 2.94. The van der Waals surface area contributed by atoms with Crippen LogP contribution in [-0.2, 0) is 0 Å². The molecule has 1 aromatic carbocycles. The lowest BCUT2D eigenvalue weighted by Crippen LogP contribution is -2.14. The van der Waals surface area contributed by atoms with Gasteiger partial charge in [-0.2, -0.15) is 0 Å². The predicted molar refractivity (Wildman–Crippen MR) is 99.8 cm³/mol. The van der Waals surface area contributed by atoms with Crippen molar-refractivity contribution in [3.8, 4) is 5.69 Å². The summed E-state index contributed by atoms with van der Waals surface area (Å²) in [5, 5.41) is 19.4. The van der Waals surface area contributed by atoms with Crippen LogP contribution in [0, 0.1) is 20.8 Å². The first-order chi connectivity index (χ1) is 12.0. The van der Waals surface area contributed by atoms with E-state index in [9.17, 15) is 4.79 Å². The molecular formula is C16H18N6OS2. The summed E-state index contributed by atoms with van der Waals surface area (Å²) in [5.41, 5.74) is 4.06. The number of benzene rings is 1. The smallest absolute Gasteiger partial charge is 0.279 e. The lowest BCUT2D eigenvalue weighted by atomic mass is 10.1. The molecule has 9 heteroatoms. The van der Waals surface area contributed by atoms with E-state index in [0.29, 0.717) is 10.8 Å². The molecule has 25 heavy (non-hydrogen) atoms. The summed E-state index contributed by atoms with van der Waals surface area (Å²) in [6, 6.07) is 6.09. The Morgan fingerprint density at radius 1 is 1.24 bits per heavy atom. The molecule has 3 aromatic rings. The second-order valence-corrected chi connectivity index (χ2v) is 7.97. The average molecular weight is 374 g/mol. The molecule has 0 bridgehead atoms. The van der Waals surface area contributed by atoms with Gasteiger partial charge in [0.2, 0.25) is 5.13 Å². The van der Waals surface area contributed by atoms with Crippen LogP contribution >= 0.6 is 23.1 Å². The van der Waals surface area contributed by atoms with Gasteiger partial charge in [-0.25, -0.2) is 4.68 Å². The minimum atomic E-state index is -0.335. The molecule has 0 radical (unpaired) electrons. The van der Waals surface area contributed by atoms with E-state index >= 15 is 0 Å². The number of carbonyl (C=O) groups is 1. The van der Waals surface area contributed by atoms with Gasteiger partial charge in [-0.05, 0) is 43.7 Å². The van der Waals surface area contributed by atoms with Crippen molar-refractivity contribution < 1.29 is 4.79 Å². The number of thioether (sulfide) groups is 1. The monoisotopic (exact) mass is 374 g/mol. The molecular weight excluding hydrogens is 356 g/mol. The average Bonchev–Trinajstić information content (AvgIpc) is 3.17. The second-order valence-electron chi connectivity index (χ2n) is 5.49. The van der Waals surface area contributed by atoms with E-state index < -0.39 is 0 Å². The van der Waals surface area contributed by atoms with Crippen LogP contribution in [0.15, 0.2) is 22.5 Å². The minimum absolute atomic E-state index is 0.279. The fourth-order valence-corrected chi connectivity index (χ4v) is 3.96. The molecule has 0 saturated carbocycles. The summed E-state index contributed by atoms with van der Waals surface area (Å²) in [5.74, 6) is 0.574. The number of nitrogens with zero attached hydrogens (tertiary/aromatic N) is 5. The molecule has 0 aliphatic carbocycles. The zero-order valence-corrected chi connectivity index (χ0v) is 16.0. The lowest BCUT2D eigenvalue weighted by molar-refractivity contribution is 0.102. The Bertz CT molecular complexity index is 917. The standard InChI is InChI=1S/C16H18N6OS2/c1-5-24-16-20-19-15(25-16)17-14(23)13-11(4)22(21-18-13)12-8-9(2)6-7-10(12)3/h6-8H,5H2,1-4H3,(H,17,19,23). The highest BCUT2D eigenvalue weighted by Crippen LogP contribution is 2.25. The topological polar surface area (TPSA) is 85.6 Å². The van der Waals surface area contributed by atoms with Crippen LogP contribution in [-0.4, -0.2) is 36.9 Å². The highest BCUT2D eigenvalue weighted by molar-refractivity contribution is 8.01. The van der Waals surface area contributed by atoms with E-state index in [0.717, 1.165) is 26.9 Å². The van der Waals surface area contributed by atoms with Gasteiger partial charge in [0.25, 0.3) is 5.91 Å². The van der Waals surface area contributed by atoms with Crippen LogP contribution in [0.3, 0.4) is 0 Å². The summed E-state index contributed by atoms with van der Waals surface area (Å²) in [6.45, 7) is 7.89. The number of aromatic nitrogens is 5. The van der Waals surface area contributed by atoms with Gasteiger partial charge < -0.3 is 0 Å². The molecule has 0 atom stereocenters. The summed E-state index contributed by atoms with van der Waals surface area (Å²) in [6.07, 6.45) is 0. The second kappa shape index (κ2) is 7.32. The number of rotatable bonds is 5. The van der Waals surface area contributed by atoms with Crippen LogP contribution < -0.4 is 5.32 Å². The zero-order valence-electron chi connectivity index (χ0n) is 14.4. The molecule has 2 heterocycles. The molecule has 7 nitrogen and oxygen atoms in total. The molecule has 0 fully saturated rings. The van der Waals surface area contributed by atoms with E-state index in [1.165, 1.54) is 11.3 Å². The Morgan fingerprint density at radius 2 is 2.04 bits per heavy atom. The van der Waals surface area contributed by atoms with Gasteiger partial charge in [0.1, 0.15) is 0 Å². The van der Waals surface area contributed by atoms with Crippen LogP contribution in [0.5, 0.6) is 0 Å². The number of hydrogen-bond donors (Lipinski definition) is 1. The SMILES string of the molecule is CCSc1nnc(NC(=O)c2nnn(-c3cc(C)ccc3C)c2C)s1. The van der Waals surface area contributed by atoms with Gasteiger partial charge in [0.05, 0.1) is 11.4 Å². The Hall–Kier alpha value is -2.26. The summed E-state index contributed by atoms with van der Waals surface area (Å²) in [4.78, 5) is 12.5. The van der Waals surface area contributed by atoms with Crippen LogP contribution in [0.25, 0.3) is 5.69 Å². The van der Waals surface area contributed by atoms with Crippen LogP contribution in [0.1, 0.15) is 34.2 Å². The van der Waals surface area contributed by atoms with E-state index in [-0.39, 0.29) is 11.6 Å². The van der Waals surface area contributed by atoms with Crippen molar-refractivity contribution in [2.45, 2.75) is 32.0 Å². The fraction of sp³-hybridized carbons (Fsp3) is 0.312. The number of nitrogens with one attached hydrogen (secondary N) is 1. The van der Waals surface area contributed by atoms with Crippen LogP contribution in [0.4, 0.5) is 5.13 Å². The first-order valence-electron chi connectivity index (χ1n) is 7.77. The molecule has 0 aliphatic rings. The van der Waals surface area contributed by atoms with Crippen molar-refractivity contribution in [3.05, 3.63) is 40.7 Å². The third-order valence-electron chi connectivity index (χ3n) is 3.60. The Balaban J connectivity index is 1.84. The maximum absolute atomic E-state index is 12.5. The number of hydrogen-bond acceptors (Lipinski definition) is 7. The predicted octanol–water partition coefficient (Wildman–Crippen LogP) is 3.41. The third kappa shape index (κ3) is 3.72. The first-order valence-corrected chi connectivity index (χ1v) is 9.57. The largest absolute Gasteiger partial charge is 0.295 e. The maximum atomic E-state index is 12.5. The van der Waals surface area contributed by atoms with Crippen molar-refractivity contribution >= 4 is 34.1 Å². The van der Waals surface area contributed by atoms with E-state index in [1.54, 1.807) is 16.4 Å². The van der Waals surface area contributed by atoms with Crippen molar-refractivity contribution in [2.75, 3.05) is 11.1 Å². The maximum Gasteiger partial charge on any atom is 0.279 e. The third-order valence-corrected chi connectivity index (χ3v) is 5.45. The molecule has 0 unspecified atom stereocenters. The summed E-state index contributed by atoms with van der Waals surface area (Å²) < 4.78 is 2.52. The Morgan fingerprint density at radius 3 is 2.80 bits per heavy atom.